The van der Waals surface area contributed by atoms with Crippen molar-refractivity contribution < 1.29 is 0 Å². The molecular weight excluding hydrogens is 432 g/mol. The highest BCUT2D eigenvalue weighted by Crippen LogP contribution is 2.38. The molecule has 1 saturated carbocycles. The molecule has 0 atom stereocenters. The molecule has 0 amide bonds. The molecule has 1 fully saturated rings. The van der Waals surface area contributed by atoms with Gasteiger partial charge in [0, 0.05) is 0 Å². The third kappa shape index (κ3) is 10.8. The molecule has 0 saturated heterocycles. The summed E-state index contributed by atoms with van der Waals surface area (Å²) in [7, 11) is 0. The first kappa shape index (κ1) is 29.0. The van der Waals surface area contributed by atoms with Gasteiger partial charge in [0.1, 0.15) is 0 Å². The molecule has 0 bridgehead atoms. The molecule has 36 heavy (non-hydrogen) atoms. The SMILES string of the molecule is CCCCCCCCCCc1ccc(-c2ccc(C3CCC(CCCCCCCC)CC3)cc2)cc1. The lowest BCUT2D eigenvalue weighted by atomic mass is 9.77. The molecule has 3 rings (SSSR count). The Morgan fingerprint density at radius 3 is 1.53 bits per heavy atom. The predicted octanol–water partition coefficient (Wildman–Crippen LogP) is 12.1. The van der Waals surface area contributed by atoms with Crippen LogP contribution in [0.1, 0.15) is 153 Å². The Labute approximate surface area is 224 Å². The molecule has 0 spiro atoms. The molecule has 0 N–H and O–H groups in total. The van der Waals surface area contributed by atoms with E-state index in [1.165, 1.54) is 145 Å². The zero-order valence-corrected chi connectivity index (χ0v) is 23.9. The maximum Gasteiger partial charge on any atom is -0.0162 e. The van der Waals surface area contributed by atoms with Crippen LogP contribution in [0, 0.1) is 5.92 Å². The lowest BCUT2D eigenvalue weighted by Crippen LogP contribution is -2.13. The zero-order valence-electron chi connectivity index (χ0n) is 23.9. The molecule has 200 valence electrons. The van der Waals surface area contributed by atoms with Crippen molar-refractivity contribution in [1.29, 1.82) is 0 Å². The van der Waals surface area contributed by atoms with E-state index in [4.69, 9.17) is 0 Å². The second kappa shape index (κ2) is 17.8. The largest absolute Gasteiger partial charge is 0.0654 e. The second-order valence-corrected chi connectivity index (χ2v) is 11.8. The Kier molecular flexibility index (Phi) is 14.4. The third-order valence-electron chi connectivity index (χ3n) is 8.80. The number of unbranched alkanes of at least 4 members (excludes halogenated alkanes) is 12. The van der Waals surface area contributed by atoms with Gasteiger partial charge in [-0.15, -0.1) is 0 Å². The summed E-state index contributed by atoms with van der Waals surface area (Å²) in [5, 5.41) is 0. The van der Waals surface area contributed by atoms with Crippen molar-refractivity contribution in [2.75, 3.05) is 0 Å². The highest BCUT2D eigenvalue weighted by atomic mass is 14.3. The first-order valence-electron chi connectivity index (χ1n) is 16.0. The van der Waals surface area contributed by atoms with Gasteiger partial charge in [-0.05, 0) is 72.6 Å². The number of rotatable bonds is 18. The molecule has 0 heteroatoms. The van der Waals surface area contributed by atoms with Crippen LogP contribution in [0.25, 0.3) is 11.1 Å². The van der Waals surface area contributed by atoms with Crippen LogP contribution in [0.15, 0.2) is 48.5 Å². The fourth-order valence-electron chi connectivity index (χ4n) is 6.27. The predicted molar refractivity (Wildman–Crippen MR) is 161 cm³/mol. The van der Waals surface area contributed by atoms with Crippen molar-refractivity contribution in [1.82, 2.24) is 0 Å². The van der Waals surface area contributed by atoms with E-state index >= 15 is 0 Å². The van der Waals surface area contributed by atoms with Crippen molar-refractivity contribution in [2.24, 2.45) is 5.92 Å². The van der Waals surface area contributed by atoms with Crippen LogP contribution >= 0.6 is 0 Å². The van der Waals surface area contributed by atoms with Gasteiger partial charge in [-0.2, -0.15) is 0 Å². The molecular formula is C36H56. The molecule has 2 aromatic carbocycles. The fraction of sp³-hybridized carbons (Fsp3) is 0.667. The Balaban J connectivity index is 1.33. The smallest absolute Gasteiger partial charge is 0.0162 e. The maximum atomic E-state index is 2.42. The van der Waals surface area contributed by atoms with Gasteiger partial charge in [-0.25, -0.2) is 0 Å². The van der Waals surface area contributed by atoms with E-state index in [1.807, 2.05) is 0 Å². The first-order valence-corrected chi connectivity index (χ1v) is 16.0. The topological polar surface area (TPSA) is 0 Å². The molecule has 0 aromatic heterocycles. The average molecular weight is 489 g/mol. The molecule has 0 unspecified atom stereocenters. The molecule has 1 aliphatic rings. The zero-order chi connectivity index (χ0) is 25.3. The van der Waals surface area contributed by atoms with Crippen molar-refractivity contribution in [3.63, 3.8) is 0 Å². The Morgan fingerprint density at radius 1 is 0.500 bits per heavy atom. The van der Waals surface area contributed by atoms with Gasteiger partial charge in [0.05, 0.1) is 0 Å². The number of aryl methyl sites for hydroxylation is 1. The minimum absolute atomic E-state index is 0.786. The van der Waals surface area contributed by atoms with Crippen LogP contribution in [0.2, 0.25) is 0 Å². The summed E-state index contributed by atoms with van der Waals surface area (Å²) in [6, 6.07) is 19.0. The Morgan fingerprint density at radius 2 is 0.972 bits per heavy atom. The van der Waals surface area contributed by atoms with Crippen LogP contribution in [-0.2, 0) is 6.42 Å². The van der Waals surface area contributed by atoms with Gasteiger partial charge in [0.2, 0.25) is 0 Å². The average Bonchev–Trinajstić information content (AvgIpc) is 2.93. The fourth-order valence-corrected chi connectivity index (χ4v) is 6.27. The van der Waals surface area contributed by atoms with Crippen LogP contribution in [0.3, 0.4) is 0 Å². The van der Waals surface area contributed by atoms with E-state index in [0.29, 0.717) is 0 Å². The second-order valence-electron chi connectivity index (χ2n) is 11.8. The van der Waals surface area contributed by atoms with Crippen LogP contribution in [0.5, 0.6) is 0 Å². The van der Waals surface area contributed by atoms with E-state index in [-0.39, 0.29) is 0 Å². The van der Waals surface area contributed by atoms with Crippen LogP contribution in [0.4, 0.5) is 0 Å². The van der Waals surface area contributed by atoms with Crippen molar-refractivity contribution in [2.45, 2.75) is 148 Å². The van der Waals surface area contributed by atoms with Gasteiger partial charge >= 0.3 is 0 Å². The van der Waals surface area contributed by atoms with Gasteiger partial charge in [-0.3, -0.25) is 0 Å². The summed E-state index contributed by atoms with van der Waals surface area (Å²) in [5.74, 6) is 1.78. The molecule has 0 heterocycles. The van der Waals surface area contributed by atoms with Crippen LogP contribution in [-0.4, -0.2) is 0 Å². The van der Waals surface area contributed by atoms with Gasteiger partial charge < -0.3 is 0 Å². The van der Waals surface area contributed by atoms with E-state index in [2.05, 4.69) is 62.4 Å². The van der Waals surface area contributed by atoms with E-state index < -0.39 is 0 Å². The van der Waals surface area contributed by atoms with E-state index in [0.717, 1.165) is 11.8 Å². The summed E-state index contributed by atoms with van der Waals surface area (Å²) in [6.07, 6.45) is 28.2. The highest BCUT2D eigenvalue weighted by molar-refractivity contribution is 5.64. The lowest BCUT2D eigenvalue weighted by molar-refractivity contribution is 0.302. The van der Waals surface area contributed by atoms with E-state index in [1.54, 1.807) is 5.56 Å². The Hall–Kier alpha value is -1.56. The Bertz CT molecular complexity index is 776. The van der Waals surface area contributed by atoms with Gasteiger partial charge in [-0.1, -0.05) is 152 Å². The maximum absolute atomic E-state index is 2.42. The standard InChI is InChI=1S/C36H56/c1-3-5-7-9-11-12-14-16-18-32-21-25-34(26-22-32)36-29-27-35(28-30-36)33-23-19-31(20-24-33)17-15-13-10-8-6-4-2/h21-22,25-31,33H,3-20,23-24H2,1-2H3. The first-order chi connectivity index (χ1) is 17.8. The molecule has 0 radical (unpaired) electrons. The number of benzene rings is 2. The van der Waals surface area contributed by atoms with Crippen LogP contribution < -0.4 is 0 Å². The number of hydrogen-bond donors (Lipinski definition) is 0. The molecule has 0 aliphatic heterocycles. The minimum atomic E-state index is 0.786. The summed E-state index contributed by atoms with van der Waals surface area (Å²) in [5.41, 5.74) is 5.81. The monoisotopic (exact) mass is 488 g/mol. The van der Waals surface area contributed by atoms with E-state index in [9.17, 15) is 0 Å². The van der Waals surface area contributed by atoms with Gasteiger partial charge in [0.15, 0.2) is 0 Å². The van der Waals surface area contributed by atoms with Gasteiger partial charge in [0.25, 0.3) is 0 Å². The van der Waals surface area contributed by atoms with Crippen molar-refractivity contribution >= 4 is 0 Å². The summed E-state index contributed by atoms with van der Waals surface area (Å²) < 4.78 is 0. The minimum Gasteiger partial charge on any atom is -0.0654 e. The quantitative estimate of drug-likeness (QED) is 0.183. The third-order valence-corrected chi connectivity index (χ3v) is 8.80. The normalized spacial score (nSPS) is 17.9. The van der Waals surface area contributed by atoms with Crippen molar-refractivity contribution in [3.8, 4) is 11.1 Å². The summed E-state index contributed by atoms with van der Waals surface area (Å²) >= 11 is 0. The van der Waals surface area contributed by atoms with Crippen molar-refractivity contribution in [3.05, 3.63) is 59.7 Å². The lowest BCUT2D eigenvalue weighted by Gasteiger charge is -2.29. The molecule has 2 aromatic rings. The highest BCUT2D eigenvalue weighted by Gasteiger charge is 2.22. The molecule has 0 nitrogen and oxygen atoms in total. The summed E-state index contributed by atoms with van der Waals surface area (Å²) in [6.45, 7) is 4.60. The summed E-state index contributed by atoms with van der Waals surface area (Å²) in [4.78, 5) is 0. The number of hydrogen-bond acceptors (Lipinski definition) is 0. The molecule has 1 aliphatic carbocycles.